The first-order chi connectivity index (χ1) is 11.2. The van der Waals surface area contributed by atoms with Crippen LogP contribution in [0.15, 0.2) is 54.6 Å². The molecular weight excluding hydrogens is 288 g/mol. The zero-order valence-electron chi connectivity index (χ0n) is 12.8. The summed E-state index contributed by atoms with van der Waals surface area (Å²) in [6.07, 6.45) is 2.12. The summed E-state index contributed by atoms with van der Waals surface area (Å²) in [5, 5.41) is 2.89. The molecule has 4 nitrogen and oxygen atoms in total. The SMILES string of the molecule is O=C(Nc1ccccc1)C1(C(=O)N2CCc3ccccc32)CC1. The maximum atomic E-state index is 13.0. The predicted octanol–water partition coefficient (Wildman–Crippen LogP) is 2.99. The number of para-hydroxylation sites is 2. The summed E-state index contributed by atoms with van der Waals surface area (Å²) in [4.78, 5) is 27.4. The zero-order valence-corrected chi connectivity index (χ0v) is 12.8. The van der Waals surface area contributed by atoms with Crippen molar-refractivity contribution in [3.8, 4) is 0 Å². The van der Waals surface area contributed by atoms with E-state index in [0.29, 0.717) is 19.4 Å². The van der Waals surface area contributed by atoms with E-state index in [-0.39, 0.29) is 11.8 Å². The van der Waals surface area contributed by atoms with E-state index in [0.717, 1.165) is 17.8 Å². The molecule has 2 aromatic carbocycles. The van der Waals surface area contributed by atoms with E-state index >= 15 is 0 Å². The molecule has 0 unspecified atom stereocenters. The van der Waals surface area contributed by atoms with Gasteiger partial charge in [0, 0.05) is 17.9 Å². The quantitative estimate of drug-likeness (QED) is 0.886. The summed E-state index contributed by atoms with van der Waals surface area (Å²) in [6.45, 7) is 0.665. The molecule has 2 amide bonds. The van der Waals surface area contributed by atoms with Gasteiger partial charge in [0.2, 0.25) is 11.8 Å². The van der Waals surface area contributed by atoms with E-state index in [4.69, 9.17) is 0 Å². The van der Waals surface area contributed by atoms with Crippen LogP contribution in [0, 0.1) is 5.41 Å². The number of amides is 2. The van der Waals surface area contributed by atoms with Crippen LogP contribution < -0.4 is 10.2 Å². The Balaban J connectivity index is 1.55. The summed E-state index contributed by atoms with van der Waals surface area (Å²) in [5.41, 5.74) is 1.99. The van der Waals surface area contributed by atoms with Crippen LogP contribution in [-0.4, -0.2) is 18.4 Å². The highest BCUT2D eigenvalue weighted by atomic mass is 16.2. The molecule has 1 N–H and O–H groups in total. The number of nitrogens with one attached hydrogen (secondary N) is 1. The standard InChI is InChI=1S/C19H18N2O2/c22-17(20-15-7-2-1-3-8-15)19(11-12-19)18(23)21-13-10-14-6-4-5-9-16(14)21/h1-9H,10-13H2,(H,20,22). The first-order valence-electron chi connectivity index (χ1n) is 7.97. The van der Waals surface area contributed by atoms with Crippen molar-refractivity contribution >= 4 is 23.2 Å². The average molecular weight is 306 g/mol. The van der Waals surface area contributed by atoms with Crippen molar-refractivity contribution in [3.63, 3.8) is 0 Å². The molecule has 1 heterocycles. The molecule has 0 atom stereocenters. The average Bonchev–Trinajstić information content (AvgIpc) is 3.29. The summed E-state index contributed by atoms with van der Waals surface area (Å²) in [5.74, 6) is -0.242. The Hall–Kier alpha value is -2.62. The van der Waals surface area contributed by atoms with Crippen molar-refractivity contribution in [2.24, 2.45) is 5.41 Å². The minimum Gasteiger partial charge on any atom is -0.325 e. The fraction of sp³-hybridized carbons (Fsp3) is 0.263. The summed E-state index contributed by atoms with van der Waals surface area (Å²) in [6, 6.07) is 17.2. The van der Waals surface area contributed by atoms with Gasteiger partial charge in [0.25, 0.3) is 0 Å². The summed E-state index contributed by atoms with van der Waals surface area (Å²) < 4.78 is 0. The van der Waals surface area contributed by atoms with Crippen LogP contribution in [0.5, 0.6) is 0 Å². The minimum absolute atomic E-state index is 0.0594. The Morgan fingerprint density at radius 3 is 2.39 bits per heavy atom. The molecule has 2 aliphatic rings. The molecule has 4 heteroatoms. The van der Waals surface area contributed by atoms with Crippen molar-refractivity contribution in [3.05, 3.63) is 60.2 Å². The lowest BCUT2D eigenvalue weighted by molar-refractivity contribution is -0.132. The van der Waals surface area contributed by atoms with Crippen LogP contribution >= 0.6 is 0 Å². The second kappa shape index (κ2) is 5.23. The number of benzene rings is 2. The number of rotatable bonds is 3. The number of nitrogens with zero attached hydrogens (tertiary/aromatic N) is 1. The third kappa shape index (κ3) is 2.31. The molecular formula is C19H18N2O2. The highest BCUT2D eigenvalue weighted by Crippen LogP contribution is 2.49. The molecule has 116 valence electrons. The topological polar surface area (TPSA) is 49.4 Å². The fourth-order valence-corrected chi connectivity index (χ4v) is 3.24. The normalized spacial score (nSPS) is 17.5. The van der Waals surface area contributed by atoms with Crippen molar-refractivity contribution in [2.45, 2.75) is 19.3 Å². The van der Waals surface area contributed by atoms with Gasteiger partial charge in [0.05, 0.1) is 0 Å². The molecule has 2 aromatic rings. The smallest absolute Gasteiger partial charge is 0.242 e. The molecule has 0 aromatic heterocycles. The lowest BCUT2D eigenvalue weighted by Gasteiger charge is -2.23. The summed E-state index contributed by atoms with van der Waals surface area (Å²) in [7, 11) is 0. The monoisotopic (exact) mass is 306 g/mol. The Labute approximate surface area is 135 Å². The second-order valence-electron chi connectivity index (χ2n) is 6.24. The number of carbonyl (C=O) groups excluding carboxylic acids is 2. The molecule has 1 saturated carbocycles. The van der Waals surface area contributed by atoms with Gasteiger partial charge in [-0.2, -0.15) is 0 Å². The van der Waals surface area contributed by atoms with E-state index < -0.39 is 5.41 Å². The van der Waals surface area contributed by atoms with Crippen molar-refractivity contribution in [2.75, 3.05) is 16.8 Å². The van der Waals surface area contributed by atoms with Crippen molar-refractivity contribution in [1.82, 2.24) is 0 Å². The van der Waals surface area contributed by atoms with Crippen LogP contribution in [0.1, 0.15) is 18.4 Å². The number of hydrogen-bond donors (Lipinski definition) is 1. The Morgan fingerprint density at radius 2 is 1.65 bits per heavy atom. The van der Waals surface area contributed by atoms with Gasteiger partial charge in [0.15, 0.2) is 0 Å². The van der Waals surface area contributed by atoms with Gasteiger partial charge in [-0.1, -0.05) is 36.4 Å². The van der Waals surface area contributed by atoms with Gasteiger partial charge in [-0.15, -0.1) is 0 Å². The lowest BCUT2D eigenvalue weighted by atomic mass is 10.0. The fourth-order valence-electron chi connectivity index (χ4n) is 3.24. The molecule has 23 heavy (non-hydrogen) atoms. The molecule has 0 saturated heterocycles. The number of carbonyl (C=O) groups is 2. The maximum Gasteiger partial charge on any atom is 0.242 e. The second-order valence-corrected chi connectivity index (χ2v) is 6.24. The van der Waals surface area contributed by atoms with Gasteiger partial charge < -0.3 is 10.2 Å². The van der Waals surface area contributed by atoms with Gasteiger partial charge >= 0.3 is 0 Å². The number of hydrogen-bond acceptors (Lipinski definition) is 2. The predicted molar refractivity (Wildman–Crippen MR) is 89.2 cm³/mol. The van der Waals surface area contributed by atoms with Crippen LogP contribution in [0.3, 0.4) is 0 Å². The van der Waals surface area contributed by atoms with Gasteiger partial charge in [-0.05, 0) is 43.0 Å². The van der Waals surface area contributed by atoms with Crippen LogP contribution in [0.25, 0.3) is 0 Å². The van der Waals surface area contributed by atoms with E-state index in [2.05, 4.69) is 5.32 Å². The van der Waals surface area contributed by atoms with E-state index in [9.17, 15) is 9.59 Å². The Morgan fingerprint density at radius 1 is 0.957 bits per heavy atom. The van der Waals surface area contributed by atoms with Gasteiger partial charge in [-0.3, -0.25) is 9.59 Å². The third-order valence-electron chi connectivity index (χ3n) is 4.76. The molecule has 0 bridgehead atoms. The van der Waals surface area contributed by atoms with Crippen LogP contribution in [-0.2, 0) is 16.0 Å². The molecule has 1 fully saturated rings. The summed E-state index contributed by atoms with van der Waals surface area (Å²) >= 11 is 0. The molecule has 1 aliphatic heterocycles. The van der Waals surface area contributed by atoms with Crippen molar-refractivity contribution in [1.29, 1.82) is 0 Å². The maximum absolute atomic E-state index is 13.0. The number of anilines is 2. The van der Waals surface area contributed by atoms with E-state index in [1.165, 1.54) is 5.56 Å². The number of fused-ring (bicyclic) bond motifs is 1. The highest BCUT2D eigenvalue weighted by Gasteiger charge is 2.58. The van der Waals surface area contributed by atoms with Gasteiger partial charge in [-0.25, -0.2) is 0 Å². The minimum atomic E-state index is -0.882. The lowest BCUT2D eigenvalue weighted by Crippen LogP contribution is -2.42. The first-order valence-corrected chi connectivity index (χ1v) is 7.97. The first kappa shape index (κ1) is 14.0. The van der Waals surface area contributed by atoms with Crippen LogP contribution in [0.2, 0.25) is 0 Å². The molecule has 0 spiro atoms. The zero-order chi connectivity index (χ0) is 15.9. The Bertz CT molecular complexity index is 766. The Kier molecular flexibility index (Phi) is 3.18. The largest absolute Gasteiger partial charge is 0.325 e. The molecule has 1 aliphatic carbocycles. The third-order valence-corrected chi connectivity index (χ3v) is 4.76. The van der Waals surface area contributed by atoms with E-state index in [1.807, 2.05) is 54.6 Å². The molecule has 4 rings (SSSR count). The van der Waals surface area contributed by atoms with Gasteiger partial charge in [0.1, 0.15) is 5.41 Å². The van der Waals surface area contributed by atoms with E-state index in [1.54, 1.807) is 4.90 Å². The van der Waals surface area contributed by atoms with Crippen molar-refractivity contribution < 1.29 is 9.59 Å². The highest BCUT2D eigenvalue weighted by molar-refractivity contribution is 6.18. The molecule has 0 radical (unpaired) electrons. The van der Waals surface area contributed by atoms with Crippen LogP contribution in [0.4, 0.5) is 11.4 Å².